The van der Waals surface area contributed by atoms with E-state index in [0.29, 0.717) is 16.5 Å². The van der Waals surface area contributed by atoms with Gasteiger partial charge in [-0.05, 0) is 61.0 Å². The highest BCUT2D eigenvalue weighted by Gasteiger charge is 2.14. The second-order valence-corrected chi connectivity index (χ2v) is 8.04. The first-order valence-electron chi connectivity index (χ1n) is 8.98. The van der Waals surface area contributed by atoms with Gasteiger partial charge in [0.05, 0.1) is 21.7 Å². The van der Waals surface area contributed by atoms with Gasteiger partial charge >= 0.3 is 0 Å². The van der Waals surface area contributed by atoms with Gasteiger partial charge < -0.3 is 15.2 Å². The third-order valence-electron chi connectivity index (χ3n) is 4.70. The van der Waals surface area contributed by atoms with E-state index >= 15 is 0 Å². The van der Waals surface area contributed by atoms with Crippen LogP contribution in [-0.4, -0.2) is 15.5 Å². The molecule has 1 aromatic heterocycles. The molecule has 2 N–H and O–H groups in total. The number of anilines is 3. The average Bonchev–Trinajstić information content (AvgIpc) is 3.01. The Morgan fingerprint density at radius 2 is 1.86 bits per heavy atom. The van der Waals surface area contributed by atoms with Gasteiger partial charge in [-0.2, -0.15) is 0 Å². The van der Waals surface area contributed by atoms with Crippen LogP contribution >= 0.6 is 27.5 Å². The lowest BCUT2D eigenvalue weighted by Gasteiger charge is -2.10. The van der Waals surface area contributed by atoms with Crippen molar-refractivity contribution in [2.75, 3.05) is 10.6 Å². The summed E-state index contributed by atoms with van der Waals surface area (Å²) < 4.78 is 2.90. The highest BCUT2D eigenvalue weighted by atomic mass is 79.9. The Morgan fingerprint density at radius 1 is 1.10 bits per heavy atom. The van der Waals surface area contributed by atoms with Crippen LogP contribution in [-0.2, 0) is 7.05 Å². The fourth-order valence-corrected chi connectivity index (χ4v) is 3.62. The van der Waals surface area contributed by atoms with Gasteiger partial charge in [-0.3, -0.25) is 4.79 Å². The van der Waals surface area contributed by atoms with Crippen molar-refractivity contribution >= 4 is 61.8 Å². The number of hydrogen-bond acceptors (Lipinski definition) is 3. The van der Waals surface area contributed by atoms with Crippen molar-refractivity contribution in [3.05, 3.63) is 81.3 Å². The maximum Gasteiger partial charge on any atom is 0.255 e. The summed E-state index contributed by atoms with van der Waals surface area (Å²) in [5.74, 6) is 0.470. The normalized spacial score (nSPS) is 10.9. The number of imidazole rings is 1. The number of aryl methyl sites for hydroxylation is 2. The van der Waals surface area contributed by atoms with Crippen molar-refractivity contribution in [3.8, 4) is 0 Å². The van der Waals surface area contributed by atoms with E-state index in [-0.39, 0.29) is 5.91 Å². The lowest BCUT2D eigenvalue weighted by molar-refractivity contribution is 0.102. The number of rotatable bonds is 4. The number of para-hydroxylation sites is 1. The molecule has 5 nitrogen and oxygen atoms in total. The Kier molecular flexibility index (Phi) is 5.30. The molecule has 0 saturated heterocycles. The van der Waals surface area contributed by atoms with Gasteiger partial charge in [0.15, 0.2) is 0 Å². The number of nitrogens with one attached hydrogen (secondary N) is 2. The summed E-state index contributed by atoms with van der Waals surface area (Å²) in [4.78, 5) is 17.3. The molecular weight excluding hydrogens is 452 g/mol. The number of carbonyl (C=O) groups is 1. The molecule has 0 spiro atoms. The molecule has 4 rings (SSSR count). The lowest BCUT2D eigenvalue weighted by Crippen LogP contribution is -2.11. The van der Waals surface area contributed by atoms with Crippen LogP contribution in [0.3, 0.4) is 0 Å². The predicted molar refractivity (Wildman–Crippen MR) is 122 cm³/mol. The summed E-state index contributed by atoms with van der Waals surface area (Å²) in [6, 6.07) is 18.7. The second-order valence-electron chi connectivity index (χ2n) is 6.72. The topological polar surface area (TPSA) is 59.0 Å². The molecule has 0 saturated carbocycles. The molecule has 4 aromatic rings. The maximum absolute atomic E-state index is 12.6. The van der Waals surface area contributed by atoms with Gasteiger partial charge in [-0.15, -0.1) is 0 Å². The molecule has 1 amide bonds. The molecule has 1 heterocycles. The Morgan fingerprint density at radius 3 is 2.59 bits per heavy atom. The zero-order valence-corrected chi connectivity index (χ0v) is 18.2. The molecule has 3 aromatic carbocycles. The second kappa shape index (κ2) is 7.89. The number of amides is 1. The molecule has 29 heavy (non-hydrogen) atoms. The number of hydrogen-bond donors (Lipinski definition) is 2. The molecule has 7 heteroatoms. The van der Waals surface area contributed by atoms with Crippen molar-refractivity contribution < 1.29 is 4.79 Å². The molecule has 0 unspecified atom stereocenters. The summed E-state index contributed by atoms with van der Waals surface area (Å²) in [6.45, 7) is 1.99. The molecule has 146 valence electrons. The van der Waals surface area contributed by atoms with E-state index in [1.54, 1.807) is 12.1 Å². The summed E-state index contributed by atoms with van der Waals surface area (Å²) in [5, 5.41) is 6.84. The summed E-state index contributed by atoms with van der Waals surface area (Å²) in [7, 11) is 1.92. The molecule has 0 bridgehead atoms. The molecular formula is C22H18BrClN4O. The molecule has 0 aliphatic rings. The van der Waals surface area contributed by atoms with E-state index in [1.807, 2.05) is 67.1 Å². The van der Waals surface area contributed by atoms with Gasteiger partial charge in [0.25, 0.3) is 5.91 Å². The van der Waals surface area contributed by atoms with Crippen LogP contribution in [0.2, 0.25) is 5.02 Å². The van der Waals surface area contributed by atoms with Crippen LogP contribution in [0.1, 0.15) is 15.9 Å². The SMILES string of the molecule is Cc1cccc(Cl)c1Nc1nc2cc(C(=O)Nc3ccc(Br)cc3)ccc2n1C. The first-order valence-corrected chi connectivity index (χ1v) is 10.1. The quantitative estimate of drug-likeness (QED) is 0.369. The van der Waals surface area contributed by atoms with Crippen molar-refractivity contribution in [2.24, 2.45) is 7.05 Å². The Bertz CT molecular complexity index is 1200. The van der Waals surface area contributed by atoms with Gasteiger partial charge in [-0.1, -0.05) is 39.7 Å². The number of fused-ring (bicyclic) bond motifs is 1. The van der Waals surface area contributed by atoms with Gasteiger partial charge in [0.2, 0.25) is 5.95 Å². The smallest absolute Gasteiger partial charge is 0.255 e. The first-order chi connectivity index (χ1) is 13.9. The molecule has 0 aliphatic carbocycles. The van der Waals surface area contributed by atoms with Crippen LogP contribution in [0.5, 0.6) is 0 Å². The van der Waals surface area contributed by atoms with E-state index in [9.17, 15) is 4.79 Å². The highest BCUT2D eigenvalue weighted by Crippen LogP contribution is 2.30. The first kappa shape index (κ1) is 19.5. The Labute approximate surface area is 181 Å². The minimum Gasteiger partial charge on any atom is -0.324 e. The average molecular weight is 470 g/mol. The molecule has 0 atom stereocenters. The number of carbonyl (C=O) groups excluding carboxylic acids is 1. The summed E-state index contributed by atoms with van der Waals surface area (Å²) in [6.07, 6.45) is 0. The van der Waals surface area contributed by atoms with Crippen molar-refractivity contribution in [2.45, 2.75) is 6.92 Å². The van der Waals surface area contributed by atoms with Crippen LogP contribution in [0.15, 0.2) is 65.1 Å². The third kappa shape index (κ3) is 3.99. The van der Waals surface area contributed by atoms with Crippen LogP contribution in [0, 0.1) is 6.92 Å². The van der Waals surface area contributed by atoms with Gasteiger partial charge in [0, 0.05) is 22.8 Å². The number of aromatic nitrogens is 2. The number of nitrogens with zero attached hydrogens (tertiary/aromatic N) is 2. The fraction of sp³-hybridized carbons (Fsp3) is 0.0909. The standard InChI is InChI=1S/C22H18BrClN4O/c1-13-4-3-5-17(24)20(13)27-22-26-18-12-14(6-11-19(18)28(22)2)21(29)25-16-9-7-15(23)8-10-16/h3-12H,1-2H3,(H,25,29)(H,26,27). The molecule has 0 aliphatic heterocycles. The largest absolute Gasteiger partial charge is 0.324 e. The van der Waals surface area contributed by atoms with E-state index in [0.717, 1.165) is 32.4 Å². The van der Waals surface area contributed by atoms with Gasteiger partial charge in [0.1, 0.15) is 0 Å². The van der Waals surface area contributed by atoms with Crippen LogP contribution in [0.25, 0.3) is 11.0 Å². The number of halogens is 2. The fourth-order valence-electron chi connectivity index (χ4n) is 3.09. The molecule has 0 fully saturated rings. The summed E-state index contributed by atoms with van der Waals surface area (Å²) in [5.41, 5.74) is 4.76. The predicted octanol–water partition coefficient (Wildman–Crippen LogP) is 6.29. The van der Waals surface area contributed by atoms with E-state index in [1.165, 1.54) is 0 Å². The van der Waals surface area contributed by atoms with Gasteiger partial charge in [-0.25, -0.2) is 4.98 Å². The van der Waals surface area contributed by atoms with E-state index in [4.69, 9.17) is 11.6 Å². The monoisotopic (exact) mass is 468 g/mol. The van der Waals surface area contributed by atoms with Crippen molar-refractivity contribution in [1.82, 2.24) is 9.55 Å². The van der Waals surface area contributed by atoms with Crippen LogP contribution < -0.4 is 10.6 Å². The number of benzene rings is 3. The van der Waals surface area contributed by atoms with Crippen molar-refractivity contribution in [1.29, 1.82) is 0 Å². The highest BCUT2D eigenvalue weighted by molar-refractivity contribution is 9.10. The minimum atomic E-state index is -0.184. The van der Waals surface area contributed by atoms with E-state index in [2.05, 4.69) is 31.5 Å². The summed E-state index contributed by atoms with van der Waals surface area (Å²) >= 11 is 9.72. The minimum absolute atomic E-state index is 0.184. The molecule has 0 radical (unpaired) electrons. The third-order valence-corrected chi connectivity index (χ3v) is 5.55. The maximum atomic E-state index is 12.6. The Balaban J connectivity index is 1.63. The van der Waals surface area contributed by atoms with Crippen molar-refractivity contribution in [3.63, 3.8) is 0 Å². The zero-order chi connectivity index (χ0) is 20.5. The Hall–Kier alpha value is -2.83. The van der Waals surface area contributed by atoms with Crippen LogP contribution in [0.4, 0.5) is 17.3 Å². The van der Waals surface area contributed by atoms with E-state index < -0.39 is 0 Å². The zero-order valence-electron chi connectivity index (χ0n) is 15.8. The lowest BCUT2D eigenvalue weighted by atomic mass is 10.2.